The molecule has 1 aliphatic rings. The van der Waals surface area contributed by atoms with Crippen molar-refractivity contribution in [3.63, 3.8) is 0 Å². The fourth-order valence-electron chi connectivity index (χ4n) is 2.16. The van der Waals surface area contributed by atoms with Crippen LogP contribution in [0.3, 0.4) is 0 Å². The summed E-state index contributed by atoms with van der Waals surface area (Å²) in [6.07, 6.45) is 0.604. The maximum atomic E-state index is 12.5. The summed E-state index contributed by atoms with van der Waals surface area (Å²) in [7, 11) is 0. The maximum absolute atomic E-state index is 12.5. The number of nitrogens with zero attached hydrogens (tertiary/aromatic N) is 1. The highest BCUT2D eigenvalue weighted by Crippen LogP contribution is 2.24. The smallest absolute Gasteiger partial charge is 0.254 e. The second kappa shape index (κ2) is 5.92. The van der Waals surface area contributed by atoms with Crippen molar-refractivity contribution in [2.24, 2.45) is 0 Å². The molecule has 1 aromatic rings. The van der Waals surface area contributed by atoms with Crippen molar-refractivity contribution in [2.45, 2.75) is 19.4 Å². The van der Waals surface area contributed by atoms with Crippen LogP contribution in [0.15, 0.2) is 22.7 Å². The molecule has 1 aliphatic heterocycles. The van der Waals surface area contributed by atoms with E-state index in [0.717, 1.165) is 0 Å². The van der Waals surface area contributed by atoms with Gasteiger partial charge in [-0.05, 0) is 40.5 Å². The lowest BCUT2D eigenvalue weighted by atomic mass is 10.1. The predicted octanol–water partition coefficient (Wildman–Crippen LogP) is 2.45. The molecule has 1 unspecified atom stereocenters. The van der Waals surface area contributed by atoms with Gasteiger partial charge in [0.25, 0.3) is 5.91 Å². The zero-order valence-corrected chi connectivity index (χ0v) is 12.8. The first-order valence-corrected chi connectivity index (χ1v) is 7.25. The minimum Gasteiger partial charge on any atom is -0.353 e. The summed E-state index contributed by atoms with van der Waals surface area (Å²) in [5.74, 6) is -0.228. The van der Waals surface area contributed by atoms with Gasteiger partial charge in [0.2, 0.25) is 5.91 Å². The van der Waals surface area contributed by atoms with Crippen LogP contribution in [0.2, 0.25) is 5.02 Å². The summed E-state index contributed by atoms with van der Waals surface area (Å²) < 4.78 is 0.675. The third-order valence-corrected chi connectivity index (χ3v) is 4.36. The molecule has 0 aromatic heterocycles. The molecule has 0 spiro atoms. The number of carbonyl (C=O) groups excluding carboxylic acids is 2. The summed E-state index contributed by atoms with van der Waals surface area (Å²) >= 11 is 9.21. The summed E-state index contributed by atoms with van der Waals surface area (Å²) in [6, 6.07) is 4.64. The van der Waals surface area contributed by atoms with Crippen LogP contribution >= 0.6 is 27.5 Å². The minimum absolute atomic E-state index is 0.0878. The Morgan fingerprint density at radius 3 is 2.95 bits per heavy atom. The monoisotopic (exact) mass is 344 g/mol. The Bertz CT molecular complexity index is 521. The molecule has 2 amide bonds. The first kappa shape index (κ1) is 14.3. The van der Waals surface area contributed by atoms with Crippen LogP contribution in [-0.4, -0.2) is 35.8 Å². The highest BCUT2D eigenvalue weighted by Gasteiger charge is 2.32. The van der Waals surface area contributed by atoms with Gasteiger partial charge in [0.1, 0.15) is 6.04 Å². The number of benzene rings is 1. The van der Waals surface area contributed by atoms with Crippen LogP contribution in [0, 0.1) is 0 Å². The van der Waals surface area contributed by atoms with Gasteiger partial charge in [0, 0.05) is 23.1 Å². The molecular formula is C13H14BrClN2O2. The molecule has 2 rings (SSSR count). The van der Waals surface area contributed by atoms with Gasteiger partial charge in [0.15, 0.2) is 0 Å². The Balaban J connectivity index is 2.26. The summed E-state index contributed by atoms with van der Waals surface area (Å²) in [5.41, 5.74) is 0.532. The Labute approximate surface area is 125 Å². The van der Waals surface area contributed by atoms with Gasteiger partial charge in [-0.25, -0.2) is 0 Å². The number of halogens is 2. The van der Waals surface area contributed by atoms with E-state index >= 15 is 0 Å². The largest absolute Gasteiger partial charge is 0.353 e. The van der Waals surface area contributed by atoms with E-state index in [-0.39, 0.29) is 11.8 Å². The zero-order valence-electron chi connectivity index (χ0n) is 10.5. The zero-order chi connectivity index (χ0) is 14.0. The molecule has 4 nitrogen and oxygen atoms in total. The van der Waals surface area contributed by atoms with Crippen molar-refractivity contribution < 1.29 is 9.59 Å². The third kappa shape index (κ3) is 2.92. The molecule has 6 heteroatoms. The molecule has 1 aromatic carbocycles. The fraction of sp³-hybridized carbons (Fsp3) is 0.385. The van der Waals surface area contributed by atoms with E-state index in [1.165, 1.54) is 0 Å². The molecular weight excluding hydrogens is 332 g/mol. The quantitative estimate of drug-likeness (QED) is 0.895. The van der Waals surface area contributed by atoms with Crippen molar-refractivity contribution in [1.82, 2.24) is 10.2 Å². The minimum atomic E-state index is -0.393. The van der Waals surface area contributed by atoms with E-state index in [4.69, 9.17) is 11.6 Å². The van der Waals surface area contributed by atoms with Crippen molar-refractivity contribution >= 4 is 39.3 Å². The van der Waals surface area contributed by atoms with Crippen LogP contribution in [0.4, 0.5) is 0 Å². The van der Waals surface area contributed by atoms with Crippen LogP contribution in [0.1, 0.15) is 23.7 Å². The molecule has 1 saturated heterocycles. The second-order valence-corrected chi connectivity index (χ2v) is 5.60. The molecule has 1 atom stereocenters. The molecule has 1 heterocycles. The molecule has 0 aliphatic carbocycles. The number of hydrogen-bond donors (Lipinski definition) is 1. The summed E-state index contributed by atoms with van der Waals surface area (Å²) in [4.78, 5) is 25.8. The van der Waals surface area contributed by atoms with Gasteiger partial charge >= 0.3 is 0 Å². The number of piperazine rings is 1. The number of carbonyl (C=O) groups is 2. The highest BCUT2D eigenvalue weighted by molar-refractivity contribution is 9.10. The van der Waals surface area contributed by atoms with Crippen molar-refractivity contribution in [3.8, 4) is 0 Å². The van der Waals surface area contributed by atoms with Crippen LogP contribution in [-0.2, 0) is 4.79 Å². The lowest BCUT2D eigenvalue weighted by Gasteiger charge is -2.34. The normalized spacial score (nSPS) is 19.2. The average Bonchev–Trinajstić information content (AvgIpc) is 2.40. The number of rotatable bonds is 2. The van der Waals surface area contributed by atoms with Gasteiger partial charge in [-0.2, -0.15) is 0 Å². The first-order valence-electron chi connectivity index (χ1n) is 6.08. The van der Waals surface area contributed by atoms with E-state index in [2.05, 4.69) is 21.2 Å². The van der Waals surface area contributed by atoms with E-state index < -0.39 is 6.04 Å². The topological polar surface area (TPSA) is 49.4 Å². The SMILES string of the molecule is CCC1C(=O)NCCN1C(=O)c1ccc(Cl)c(Br)c1. The highest BCUT2D eigenvalue weighted by atomic mass is 79.9. The van der Waals surface area contributed by atoms with Gasteiger partial charge < -0.3 is 10.2 Å². The fourth-order valence-corrected chi connectivity index (χ4v) is 2.65. The van der Waals surface area contributed by atoms with E-state index in [1.807, 2.05) is 6.92 Å². The molecule has 0 bridgehead atoms. The Kier molecular flexibility index (Phi) is 4.47. The number of hydrogen-bond acceptors (Lipinski definition) is 2. The standard InChI is InChI=1S/C13H14BrClN2O2/c1-2-11-12(18)16-5-6-17(11)13(19)8-3-4-10(15)9(14)7-8/h3-4,7,11H,2,5-6H2,1H3,(H,16,18). The average molecular weight is 346 g/mol. The van der Waals surface area contributed by atoms with Gasteiger partial charge in [-0.3, -0.25) is 9.59 Å². The van der Waals surface area contributed by atoms with Crippen molar-refractivity contribution in [1.29, 1.82) is 0 Å². The molecule has 102 valence electrons. The van der Waals surface area contributed by atoms with E-state index in [0.29, 0.717) is 34.6 Å². The molecule has 19 heavy (non-hydrogen) atoms. The number of nitrogens with one attached hydrogen (secondary N) is 1. The van der Waals surface area contributed by atoms with Crippen LogP contribution in [0.5, 0.6) is 0 Å². The summed E-state index contributed by atoms with van der Waals surface area (Å²) in [6.45, 7) is 2.92. The Morgan fingerprint density at radius 2 is 2.32 bits per heavy atom. The van der Waals surface area contributed by atoms with Gasteiger partial charge in [-0.1, -0.05) is 18.5 Å². The van der Waals surface area contributed by atoms with Gasteiger partial charge in [-0.15, -0.1) is 0 Å². The summed E-state index contributed by atoms with van der Waals surface area (Å²) in [5, 5.41) is 3.33. The lowest BCUT2D eigenvalue weighted by Crippen LogP contribution is -2.56. The van der Waals surface area contributed by atoms with Gasteiger partial charge in [0.05, 0.1) is 5.02 Å². The van der Waals surface area contributed by atoms with Crippen molar-refractivity contribution in [2.75, 3.05) is 13.1 Å². The molecule has 1 N–H and O–H groups in total. The Morgan fingerprint density at radius 1 is 1.58 bits per heavy atom. The van der Waals surface area contributed by atoms with E-state index in [1.54, 1.807) is 23.1 Å². The van der Waals surface area contributed by atoms with E-state index in [9.17, 15) is 9.59 Å². The third-order valence-electron chi connectivity index (χ3n) is 3.14. The van der Waals surface area contributed by atoms with Crippen molar-refractivity contribution in [3.05, 3.63) is 33.3 Å². The second-order valence-electron chi connectivity index (χ2n) is 4.34. The number of amides is 2. The first-order chi connectivity index (χ1) is 9.04. The van der Waals surface area contributed by atoms with Crippen LogP contribution in [0.25, 0.3) is 0 Å². The predicted molar refractivity (Wildman–Crippen MR) is 77.3 cm³/mol. The van der Waals surface area contributed by atoms with Crippen LogP contribution < -0.4 is 5.32 Å². The Hall–Kier alpha value is -1.07. The lowest BCUT2D eigenvalue weighted by molar-refractivity contribution is -0.127. The molecule has 0 saturated carbocycles. The maximum Gasteiger partial charge on any atom is 0.254 e. The molecule has 1 fully saturated rings. The molecule has 0 radical (unpaired) electrons.